The zero-order chi connectivity index (χ0) is 18.6. The predicted octanol–water partition coefficient (Wildman–Crippen LogP) is 3.95. The minimum atomic E-state index is 0.0122. The number of thioether (sulfide) groups is 1. The molecule has 0 aliphatic rings. The van der Waals surface area contributed by atoms with E-state index >= 15 is 0 Å². The van der Waals surface area contributed by atoms with Gasteiger partial charge in [0.1, 0.15) is 5.82 Å². The zero-order valence-electron chi connectivity index (χ0n) is 15.1. The van der Waals surface area contributed by atoms with E-state index in [0.29, 0.717) is 17.7 Å². The van der Waals surface area contributed by atoms with E-state index in [9.17, 15) is 4.79 Å². The van der Waals surface area contributed by atoms with Gasteiger partial charge in [-0.05, 0) is 24.6 Å². The maximum absolute atomic E-state index is 12.7. The maximum atomic E-state index is 12.7. The molecule has 0 bridgehead atoms. The van der Waals surface area contributed by atoms with Gasteiger partial charge >= 0.3 is 0 Å². The lowest BCUT2D eigenvalue weighted by Crippen LogP contribution is -2.22. The molecule has 0 N–H and O–H groups in total. The molecule has 0 radical (unpaired) electrons. The Morgan fingerprint density at radius 2 is 1.81 bits per heavy atom. The largest absolute Gasteiger partial charge is 0.330 e. The van der Waals surface area contributed by atoms with Crippen LogP contribution < -0.4 is 5.56 Å². The Kier molecular flexibility index (Phi) is 5.07. The number of benzene rings is 2. The second-order valence-corrected chi connectivity index (χ2v) is 7.15. The molecule has 4 aromatic rings. The summed E-state index contributed by atoms with van der Waals surface area (Å²) in [5, 5.41) is 1.39. The summed E-state index contributed by atoms with van der Waals surface area (Å²) in [6, 6.07) is 17.8. The first-order valence-electron chi connectivity index (χ1n) is 8.92. The molecule has 5 nitrogen and oxygen atoms in total. The number of imidazole rings is 1. The summed E-state index contributed by atoms with van der Waals surface area (Å²) in [5.41, 5.74) is 1.98. The summed E-state index contributed by atoms with van der Waals surface area (Å²) in [6.45, 7) is 3.35. The van der Waals surface area contributed by atoms with E-state index in [-0.39, 0.29) is 5.56 Å². The molecule has 0 atom stereocenters. The second-order valence-electron chi connectivity index (χ2n) is 6.21. The summed E-state index contributed by atoms with van der Waals surface area (Å²) >= 11 is 1.55. The van der Waals surface area contributed by atoms with Crippen LogP contribution in [0, 0.1) is 0 Å². The Hall–Kier alpha value is -2.86. The van der Waals surface area contributed by atoms with Crippen LogP contribution in [0.1, 0.15) is 18.3 Å². The van der Waals surface area contributed by atoms with Crippen LogP contribution in [-0.4, -0.2) is 19.1 Å². The van der Waals surface area contributed by atoms with Crippen molar-refractivity contribution in [1.82, 2.24) is 19.1 Å². The lowest BCUT2D eigenvalue weighted by atomic mass is 10.2. The molecule has 4 rings (SSSR count). The van der Waals surface area contributed by atoms with E-state index in [1.807, 2.05) is 61.8 Å². The Morgan fingerprint density at radius 1 is 1.04 bits per heavy atom. The lowest BCUT2D eigenvalue weighted by molar-refractivity contribution is 0.633. The summed E-state index contributed by atoms with van der Waals surface area (Å²) in [4.78, 5) is 21.9. The number of fused-ring (bicyclic) bond motifs is 1. The molecule has 0 saturated heterocycles. The first-order chi connectivity index (χ1) is 13.3. The standard InChI is InChI=1S/C21H20N4OS/c1-2-25-20(26)17-10-6-7-11-18(17)23-21(25)27-15-19-22-12-13-24(19)14-16-8-4-3-5-9-16/h3-13H,2,14-15H2,1H3. The number of rotatable bonds is 6. The van der Waals surface area contributed by atoms with Gasteiger partial charge in [-0.25, -0.2) is 9.97 Å². The van der Waals surface area contributed by atoms with Gasteiger partial charge in [-0.2, -0.15) is 0 Å². The average Bonchev–Trinajstić information content (AvgIpc) is 3.14. The van der Waals surface area contributed by atoms with Gasteiger partial charge in [0.15, 0.2) is 5.16 Å². The van der Waals surface area contributed by atoms with Gasteiger partial charge in [-0.1, -0.05) is 54.2 Å². The van der Waals surface area contributed by atoms with Crippen molar-refractivity contribution in [2.75, 3.05) is 0 Å². The smallest absolute Gasteiger partial charge is 0.262 e. The molecule has 0 aliphatic carbocycles. The van der Waals surface area contributed by atoms with Crippen LogP contribution in [0.5, 0.6) is 0 Å². The number of hydrogen-bond donors (Lipinski definition) is 0. The van der Waals surface area contributed by atoms with E-state index < -0.39 is 0 Å². The maximum Gasteiger partial charge on any atom is 0.262 e. The Bertz CT molecular complexity index is 1120. The molecule has 2 heterocycles. The fraction of sp³-hybridized carbons (Fsp3) is 0.190. The van der Waals surface area contributed by atoms with Gasteiger partial charge in [0.2, 0.25) is 0 Å². The van der Waals surface area contributed by atoms with Crippen molar-refractivity contribution < 1.29 is 0 Å². The van der Waals surface area contributed by atoms with Crippen molar-refractivity contribution in [1.29, 1.82) is 0 Å². The third-order valence-corrected chi connectivity index (χ3v) is 5.44. The average molecular weight is 376 g/mol. The molecule has 2 aromatic heterocycles. The Labute approximate surface area is 161 Å². The molecule has 0 unspecified atom stereocenters. The summed E-state index contributed by atoms with van der Waals surface area (Å²) in [6.07, 6.45) is 3.81. The molecule has 0 fully saturated rings. The third kappa shape index (κ3) is 3.66. The lowest BCUT2D eigenvalue weighted by Gasteiger charge is -2.12. The highest BCUT2D eigenvalue weighted by atomic mass is 32.2. The SMILES string of the molecule is CCn1c(SCc2nccn2Cc2ccccc2)nc2ccccc2c1=O. The van der Waals surface area contributed by atoms with Crippen LogP contribution in [0.2, 0.25) is 0 Å². The van der Waals surface area contributed by atoms with Crippen molar-refractivity contribution >= 4 is 22.7 Å². The normalized spacial score (nSPS) is 11.1. The summed E-state index contributed by atoms with van der Waals surface area (Å²) in [5.74, 6) is 1.62. The van der Waals surface area contributed by atoms with Gasteiger partial charge in [0.25, 0.3) is 5.56 Å². The fourth-order valence-electron chi connectivity index (χ4n) is 3.07. The minimum Gasteiger partial charge on any atom is -0.330 e. The van der Waals surface area contributed by atoms with Crippen molar-refractivity contribution in [3.05, 3.63) is 88.7 Å². The quantitative estimate of drug-likeness (QED) is 0.378. The van der Waals surface area contributed by atoms with Crippen molar-refractivity contribution in [3.63, 3.8) is 0 Å². The number of aromatic nitrogens is 4. The molecule has 0 amide bonds. The number of nitrogens with zero attached hydrogens (tertiary/aromatic N) is 4. The van der Waals surface area contributed by atoms with E-state index in [1.54, 1.807) is 16.3 Å². The van der Waals surface area contributed by atoms with Crippen molar-refractivity contribution in [2.24, 2.45) is 0 Å². The van der Waals surface area contributed by atoms with E-state index in [2.05, 4.69) is 21.7 Å². The van der Waals surface area contributed by atoms with E-state index in [4.69, 9.17) is 4.98 Å². The molecule has 2 aromatic carbocycles. The van der Waals surface area contributed by atoms with Crippen LogP contribution in [0.3, 0.4) is 0 Å². The van der Waals surface area contributed by atoms with Crippen molar-refractivity contribution in [2.45, 2.75) is 30.9 Å². The van der Waals surface area contributed by atoms with E-state index in [0.717, 1.165) is 23.0 Å². The summed E-state index contributed by atoms with van der Waals surface area (Å²) < 4.78 is 3.87. The molecule has 0 aliphatic heterocycles. The summed E-state index contributed by atoms with van der Waals surface area (Å²) in [7, 11) is 0. The zero-order valence-corrected chi connectivity index (χ0v) is 15.9. The monoisotopic (exact) mass is 376 g/mol. The molecule has 6 heteroatoms. The van der Waals surface area contributed by atoms with Crippen molar-refractivity contribution in [3.8, 4) is 0 Å². The van der Waals surface area contributed by atoms with Gasteiger partial charge in [0.05, 0.1) is 16.7 Å². The highest BCUT2D eigenvalue weighted by Gasteiger charge is 2.12. The Morgan fingerprint density at radius 3 is 2.63 bits per heavy atom. The molecular weight excluding hydrogens is 356 g/mol. The first-order valence-corrected chi connectivity index (χ1v) is 9.91. The third-order valence-electron chi connectivity index (χ3n) is 4.47. The van der Waals surface area contributed by atoms with Gasteiger partial charge in [0, 0.05) is 25.5 Å². The fourth-order valence-corrected chi connectivity index (χ4v) is 4.10. The highest BCUT2D eigenvalue weighted by molar-refractivity contribution is 7.98. The van der Waals surface area contributed by atoms with Gasteiger partial charge in [-0.15, -0.1) is 0 Å². The van der Waals surface area contributed by atoms with Crippen LogP contribution in [0.25, 0.3) is 10.9 Å². The topological polar surface area (TPSA) is 52.7 Å². The predicted molar refractivity (Wildman–Crippen MR) is 109 cm³/mol. The Balaban J connectivity index is 1.60. The highest BCUT2D eigenvalue weighted by Crippen LogP contribution is 2.22. The van der Waals surface area contributed by atoms with Crippen LogP contribution in [-0.2, 0) is 18.8 Å². The molecule has 0 saturated carbocycles. The molecule has 0 spiro atoms. The molecule has 27 heavy (non-hydrogen) atoms. The number of hydrogen-bond acceptors (Lipinski definition) is 4. The first kappa shape index (κ1) is 17.5. The number of para-hydroxylation sites is 1. The second kappa shape index (κ2) is 7.80. The van der Waals surface area contributed by atoms with Crippen LogP contribution >= 0.6 is 11.8 Å². The van der Waals surface area contributed by atoms with E-state index in [1.165, 1.54) is 5.56 Å². The minimum absolute atomic E-state index is 0.0122. The molecule has 136 valence electrons. The van der Waals surface area contributed by atoms with Crippen LogP contribution in [0.15, 0.2) is 76.9 Å². The van der Waals surface area contributed by atoms with Gasteiger partial charge < -0.3 is 4.57 Å². The van der Waals surface area contributed by atoms with Gasteiger partial charge in [-0.3, -0.25) is 9.36 Å². The van der Waals surface area contributed by atoms with Crippen LogP contribution in [0.4, 0.5) is 0 Å². The molecular formula is C21H20N4OS.